The van der Waals surface area contributed by atoms with Crippen LogP contribution in [0, 0.1) is 17.2 Å². The van der Waals surface area contributed by atoms with E-state index in [9.17, 15) is 13.8 Å². The molecule has 0 spiro atoms. The summed E-state index contributed by atoms with van der Waals surface area (Å²) in [5, 5.41) is 14.1. The number of pyridine rings is 1. The molecule has 2 aliphatic rings. The quantitative estimate of drug-likeness (QED) is 0.287. The highest BCUT2D eigenvalue weighted by molar-refractivity contribution is 7.91. The highest BCUT2D eigenvalue weighted by atomic mass is 32.2. The van der Waals surface area contributed by atoms with Gasteiger partial charge in [0.15, 0.2) is 0 Å². The lowest BCUT2D eigenvalue weighted by molar-refractivity contribution is 0.515. The van der Waals surface area contributed by atoms with Crippen molar-refractivity contribution in [3.05, 3.63) is 71.7 Å². The van der Waals surface area contributed by atoms with Gasteiger partial charge >= 0.3 is 0 Å². The van der Waals surface area contributed by atoms with Crippen molar-refractivity contribution in [3.63, 3.8) is 0 Å². The van der Waals surface area contributed by atoms with E-state index in [0.29, 0.717) is 24.6 Å². The molecule has 1 atom stereocenters. The highest BCUT2D eigenvalue weighted by Gasteiger charge is 2.35. The third-order valence-corrected chi connectivity index (χ3v) is 9.79. The summed E-state index contributed by atoms with van der Waals surface area (Å²) in [6.45, 7) is 6.47. The summed E-state index contributed by atoms with van der Waals surface area (Å²) in [5.41, 5.74) is 7.32. The molecule has 194 valence electrons. The van der Waals surface area contributed by atoms with Gasteiger partial charge in [-0.05, 0) is 68.4 Å². The second-order valence-electron chi connectivity index (χ2n) is 10.6. The fraction of sp³-hybridized carbons (Fsp3) is 0.433. The largest absolute Gasteiger partial charge is 0.283 e. The number of benzene rings is 1. The molecule has 7 heteroatoms. The Labute approximate surface area is 220 Å². The number of hydrogen-bond donors (Lipinski definition) is 1. The lowest BCUT2D eigenvalue weighted by atomic mass is 9.88. The molecule has 1 saturated heterocycles. The van der Waals surface area contributed by atoms with E-state index in [1.54, 1.807) is 0 Å². The third-order valence-electron chi connectivity index (χ3n) is 8.07. The average Bonchev–Trinajstić information content (AvgIpc) is 3.64. The molecule has 1 aromatic carbocycles. The maximum atomic E-state index is 12.0. The van der Waals surface area contributed by atoms with Crippen LogP contribution in [0.15, 0.2) is 66.0 Å². The van der Waals surface area contributed by atoms with E-state index in [0.717, 1.165) is 52.9 Å². The summed E-state index contributed by atoms with van der Waals surface area (Å²) < 4.78 is 25.8. The first-order chi connectivity index (χ1) is 17.8. The van der Waals surface area contributed by atoms with Crippen LogP contribution in [0.5, 0.6) is 0 Å². The molecule has 1 N–H and O–H groups in total. The van der Waals surface area contributed by atoms with Gasteiger partial charge in [0.25, 0.3) is 0 Å². The van der Waals surface area contributed by atoms with Gasteiger partial charge in [-0.3, -0.25) is 10.4 Å². The van der Waals surface area contributed by atoms with E-state index in [1.165, 1.54) is 5.57 Å². The minimum atomic E-state index is -2.92. The van der Waals surface area contributed by atoms with Gasteiger partial charge in [-0.1, -0.05) is 55.8 Å². The van der Waals surface area contributed by atoms with E-state index >= 15 is 0 Å². The van der Waals surface area contributed by atoms with Gasteiger partial charge in [-0.15, -0.1) is 0 Å². The number of allylic oxidation sites excluding steroid dienone is 2. The predicted molar refractivity (Wildman–Crippen MR) is 150 cm³/mol. The van der Waals surface area contributed by atoms with Gasteiger partial charge < -0.3 is 0 Å². The smallest absolute Gasteiger partial charge is 0.150 e. The zero-order valence-corrected chi connectivity index (χ0v) is 22.8. The SMILES string of the molecule is CCC(C)c1c(-c2ccc(-c3ccccc3)nc2)cnn1C(=N)/C(=C(\C)C1CCS(=O)(=O)CC1)C1CC1. The number of nitrogens with zero attached hydrogens (tertiary/aromatic N) is 3. The van der Waals surface area contributed by atoms with Crippen molar-refractivity contribution in [3.8, 4) is 22.4 Å². The summed E-state index contributed by atoms with van der Waals surface area (Å²) in [4.78, 5) is 4.73. The Morgan fingerprint density at radius 1 is 1.00 bits per heavy atom. The number of hydrogen-bond acceptors (Lipinski definition) is 5. The highest BCUT2D eigenvalue weighted by Crippen LogP contribution is 2.43. The van der Waals surface area contributed by atoms with Crippen LogP contribution >= 0.6 is 0 Å². The van der Waals surface area contributed by atoms with Gasteiger partial charge in [0.05, 0.1) is 29.1 Å². The lowest BCUT2D eigenvalue weighted by Crippen LogP contribution is -2.27. The number of aromatic nitrogens is 3. The molecule has 0 amide bonds. The van der Waals surface area contributed by atoms with Gasteiger partial charge in [0.1, 0.15) is 15.7 Å². The molecule has 0 radical (unpaired) electrons. The molecule has 0 bridgehead atoms. The molecule has 2 fully saturated rings. The second kappa shape index (κ2) is 10.4. The maximum Gasteiger partial charge on any atom is 0.150 e. The Morgan fingerprint density at radius 2 is 1.70 bits per heavy atom. The van der Waals surface area contributed by atoms with Crippen LogP contribution in [0.25, 0.3) is 22.4 Å². The summed E-state index contributed by atoms with van der Waals surface area (Å²) in [6, 6.07) is 14.3. The molecule has 3 heterocycles. The van der Waals surface area contributed by atoms with Crippen molar-refractivity contribution in [2.75, 3.05) is 11.5 Å². The summed E-state index contributed by atoms with van der Waals surface area (Å²) in [5.74, 6) is 1.75. The minimum absolute atomic E-state index is 0.215. The second-order valence-corrected chi connectivity index (χ2v) is 12.9. The molecule has 1 saturated carbocycles. The van der Waals surface area contributed by atoms with Crippen molar-refractivity contribution >= 4 is 15.7 Å². The zero-order valence-electron chi connectivity index (χ0n) is 21.9. The third kappa shape index (κ3) is 5.33. The molecule has 3 aromatic rings. The van der Waals surface area contributed by atoms with Crippen LogP contribution in [-0.2, 0) is 9.84 Å². The van der Waals surface area contributed by atoms with Crippen LogP contribution in [0.3, 0.4) is 0 Å². The molecule has 1 aliphatic heterocycles. The van der Waals surface area contributed by atoms with Gasteiger partial charge in [0, 0.05) is 22.9 Å². The van der Waals surface area contributed by atoms with Crippen molar-refractivity contribution in [1.29, 1.82) is 5.41 Å². The minimum Gasteiger partial charge on any atom is -0.283 e. The topological polar surface area (TPSA) is 88.7 Å². The Kier molecular flexibility index (Phi) is 7.17. The molecule has 5 rings (SSSR count). The number of rotatable bonds is 7. The van der Waals surface area contributed by atoms with E-state index in [-0.39, 0.29) is 23.3 Å². The zero-order chi connectivity index (χ0) is 26.2. The maximum absolute atomic E-state index is 12.0. The summed E-state index contributed by atoms with van der Waals surface area (Å²) in [7, 11) is -2.92. The van der Waals surface area contributed by atoms with Crippen LogP contribution < -0.4 is 0 Å². The van der Waals surface area contributed by atoms with Crippen LogP contribution in [-0.4, -0.2) is 40.5 Å². The van der Waals surface area contributed by atoms with Crippen molar-refractivity contribution in [1.82, 2.24) is 14.8 Å². The predicted octanol–water partition coefficient (Wildman–Crippen LogP) is 6.50. The normalized spacial score (nSPS) is 19.3. The lowest BCUT2D eigenvalue weighted by Gasteiger charge is -2.26. The first kappa shape index (κ1) is 25.6. The van der Waals surface area contributed by atoms with Gasteiger partial charge in [-0.25, -0.2) is 13.1 Å². The summed E-state index contributed by atoms with van der Waals surface area (Å²) >= 11 is 0. The molecule has 6 nitrogen and oxygen atoms in total. The standard InChI is InChI=1S/C30H36N4O2S/c1-4-20(2)29-26(25-12-13-27(32-18-25)23-8-6-5-7-9-23)19-33-34(29)30(31)28(24-10-11-24)21(3)22-14-16-37(35,36)17-15-22/h5-9,12-13,18-20,22,24,31H,4,10-11,14-17H2,1-3H3/b28-21+,31-30?. The van der Waals surface area contributed by atoms with Crippen molar-refractivity contribution < 1.29 is 8.42 Å². The Morgan fingerprint density at radius 3 is 2.30 bits per heavy atom. The number of sulfone groups is 1. The fourth-order valence-electron chi connectivity index (χ4n) is 5.49. The van der Waals surface area contributed by atoms with Gasteiger partial charge in [-0.2, -0.15) is 5.10 Å². The molecule has 37 heavy (non-hydrogen) atoms. The monoisotopic (exact) mass is 516 g/mol. The molecule has 1 aliphatic carbocycles. The van der Waals surface area contributed by atoms with Crippen molar-refractivity contribution in [2.45, 2.75) is 58.8 Å². The molecule has 2 aromatic heterocycles. The molecule has 1 unspecified atom stereocenters. The van der Waals surface area contributed by atoms with Crippen molar-refractivity contribution in [2.24, 2.45) is 11.8 Å². The molecular weight excluding hydrogens is 480 g/mol. The Balaban J connectivity index is 1.50. The van der Waals surface area contributed by atoms with Crippen LogP contribution in [0.1, 0.15) is 64.5 Å². The first-order valence-electron chi connectivity index (χ1n) is 13.4. The van der Waals surface area contributed by atoms with Crippen LogP contribution in [0.2, 0.25) is 0 Å². The fourth-order valence-corrected chi connectivity index (χ4v) is 6.98. The summed E-state index contributed by atoms with van der Waals surface area (Å²) in [6.07, 6.45) is 8.19. The average molecular weight is 517 g/mol. The Hall–Kier alpha value is -3.06. The Bertz CT molecular complexity index is 1400. The van der Waals surface area contributed by atoms with E-state index in [4.69, 9.17) is 10.1 Å². The van der Waals surface area contributed by atoms with E-state index < -0.39 is 9.84 Å². The van der Waals surface area contributed by atoms with E-state index in [2.05, 4.69) is 39.0 Å². The van der Waals surface area contributed by atoms with E-state index in [1.807, 2.05) is 41.3 Å². The first-order valence-corrected chi connectivity index (χ1v) is 15.2. The number of nitrogens with one attached hydrogen (secondary N) is 1. The van der Waals surface area contributed by atoms with Crippen LogP contribution in [0.4, 0.5) is 0 Å². The molecular formula is C30H36N4O2S. The van der Waals surface area contributed by atoms with Gasteiger partial charge in [0.2, 0.25) is 0 Å².